The van der Waals surface area contributed by atoms with Crippen molar-refractivity contribution in [1.29, 1.82) is 0 Å². The monoisotopic (exact) mass is 462 g/mol. The van der Waals surface area contributed by atoms with Gasteiger partial charge in [0.05, 0.1) is 5.75 Å². The summed E-state index contributed by atoms with van der Waals surface area (Å²) < 4.78 is 4.99. The highest BCUT2D eigenvalue weighted by molar-refractivity contribution is 7.99. The normalized spacial score (nSPS) is 10.6. The van der Waals surface area contributed by atoms with Crippen LogP contribution in [0, 0.1) is 0 Å². The fourth-order valence-electron chi connectivity index (χ4n) is 2.40. The van der Waals surface area contributed by atoms with E-state index in [-0.39, 0.29) is 11.8 Å². The molecule has 10 heteroatoms. The maximum absolute atomic E-state index is 12.3. The number of anilines is 2. The molecule has 0 aliphatic carbocycles. The van der Waals surface area contributed by atoms with Crippen LogP contribution in [0.15, 0.2) is 48.5 Å². The largest absolute Gasteiger partial charge is 0.377 e. The highest BCUT2D eigenvalue weighted by Crippen LogP contribution is 2.18. The van der Waals surface area contributed by atoms with Crippen LogP contribution in [0.4, 0.5) is 10.8 Å². The molecular weight excluding hydrogens is 444 g/mol. The maximum atomic E-state index is 12.3. The maximum Gasteiger partial charge on any atom is 0.257 e. The zero-order valence-electron chi connectivity index (χ0n) is 16.1. The molecule has 3 aromatic rings. The molecule has 7 nitrogen and oxygen atoms in total. The molecule has 2 N–H and O–H groups in total. The number of amides is 2. The Kier molecular flexibility index (Phi) is 8.21. The van der Waals surface area contributed by atoms with Gasteiger partial charge in [0.25, 0.3) is 5.91 Å². The lowest BCUT2D eigenvalue weighted by Crippen LogP contribution is -2.14. The van der Waals surface area contributed by atoms with Crippen LogP contribution < -0.4 is 10.6 Å². The van der Waals surface area contributed by atoms with Gasteiger partial charge >= 0.3 is 0 Å². The number of hydrogen-bond donors (Lipinski definition) is 2. The van der Waals surface area contributed by atoms with Gasteiger partial charge in [-0.1, -0.05) is 35.1 Å². The standard InChI is InChI=1S/C20H19ClN4O3S2/c1-28-10-18-24-25-20(30-18)23-19(27)14-4-2-13(3-5-14)11-29-12-17(26)22-16-8-6-15(21)7-9-16/h2-9H,10-12H2,1H3,(H,22,26)(H,23,25,27). The molecule has 2 amide bonds. The third-order valence-electron chi connectivity index (χ3n) is 3.80. The molecule has 0 atom stereocenters. The van der Waals surface area contributed by atoms with Gasteiger partial charge in [-0.05, 0) is 42.0 Å². The Morgan fingerprint density at radius 3 is 2.50 bits per heavy atom. The Labute approximate surface area is 187 Å². The number of carbonyl (C=O) groups is 2. The van der Waals surface area contributed by atoms with Crippen molar-refractivity contribution in [3.63, 3.8) is 0 Å². The number of carbonyl (C=O) groups excluding carboxylic acids is 2. The summed E-state index contributed by atoms with van der Waals surface area (Å²) >= 11 is 8.60. The number of nitrogens with one attached hydrogen (secondary N) is 2. The molecule has 0 saturated carbocycles. The third-order valence-corrected chi connectivity index (χ3v) is 5.87. The van der Waals surface area contributed by atoms with E-state index in [4.69, 9.17) is 16.3 Å². The van der Waals surface area contributed by atoms with Crippen LogP contribution >= 0.6 is 34.7 Å². The van der Waals surface area contributed by atoms with Gasteiger partial charge in [0.2, 0.25) is 11.0 Å². The molecule has 1 heterocycles. The Morgan fingerprint density at radius 2 is 1.80 bits per heavy atom. The number of thioether (sulfide) groups is 1. The molecule has 0 aliphatic rings. The summed E-state index contributed by atoms with van der Waals surface area (Å²) in [5.41, 5.74) is 2.26. The van der Waals surface area contributed by atoms with E-state index < -0.39 is 0 Å². The van der Waals surface area contributed by atoms with Gasteiger partial charge in [0.15, 0.2) is 0 Å². The van der Waals surface area contributed by atoms with Gasteiger partial charge in [-0.25, -0.2) is 0 Å². The fourth-order valence-corrected chi connectivity index (χ4v) is 4.02. The molecule has 0 saturated heterocycles. The molecule has 30 heavy (non-hydrogen) atoms. The predicted molar refractivity (Wildman–Crippen MR) is 121 cm³/mol. The average Bonchev–Trinajstić information content (AvgIpc) is 3.17. The topological polar surface area (TPSA) is 93.2 Å². The predicted octanol–water partition coefficient (Wildman–Crippen LogP) is 4.46. The van der Waals surface area contributed by atoms with Crippen LogP contribution in [0.2, 0.25) is 5.02 Å². The molecule has 1 aromatic heterocycles. The first-order valence-electron chi connectivity index (χ1n) is 8.88. The van der Waals surface area contributed by atoms with E-state index in [9.17, 15) is 9.59 Å². The lowest BCUT2D eigenvalue weighted by molar-refractivity contribution is -0.113. The Hall–Kier alpha value is -2.46. The smallest absolute Gasteiger partial charge is 0.257 e. The zero-order chi connectivity index (χ0) is 21.3. The van der Waals surface area contributed by atoms with E-state index in [1.807, 2.05) is 12.1 Å². The number of rotatable bonds is 9. The quantitative estimate of drug-likeness (QED) is 0.487. The second-order valence-corrected chi connectivity index (χ2v) is 8.62. The van der Waals surface area contributed by atoms with Crippen LogP contribution in [-0.4, -0.2) is 34.9 Å². The number of hydrogen-bond acceptors (Lipinski definition) is 7. The Bertz CT molecular complexity index is 994. The molecule has 0 radical (unpaired) electrons. The van der Waals surface area contributed by atoms with Crippen molar-refractivity contribution in [2.45, 2.75) is 12.4 Å². The van der Waals surface area contributed by atoms with Crippen LogP contribution in [-0.2, 0) is 21.9 Å². The summed E-state index contributed by atoms with van der Waals surface area (Å²) in [6, 6.07) is 14.2. The molecule has 2 aromatic carbocycles. The van der Waals surface area contributed by atoms with Crippen molar-refractivity contribution in [1.82, 2.24) is 10.2 Å². The van der Waals surface area contributed by atoms with Crippen molar-refractivity contribution in [3.05, 3.63) is 69.7 Å². The minimum absolute atomic E-state index is 0.0804. The van der Waals surface area contributed by atoms with Crippen LogP contribution in [0.5, 0.6) is 0 Å². The second-order valence-electron chi connectivity index (χ2n) is 6.13. The minimum Gasteiger partial charge on any atom is -0.377 e. The molecule has 0 spiro atoms. The lowest BCUT2D eigenvalue weighted by atomic mass is 10.1. The number of aromatic nitrogens is 2. The highest BCUT2D eigenvalue weighted by Gasteiger charge is 2.10. The van der Waals surface area contributed by atoms with Gasteiger partial charge in [-0.2, -0.15) is 0 Å². The van der Waals surface area contributed by atoms with Crippen LogP contribution in [0.1, 0.15) is 20.9 Å². The first-order valence-corrected chi connectivity index (χ1v) is 11.2. The highest BCUT2D eigenvalue weighted by atomic mass is 35.5. The molecule has 3 rings (SSSR count). The van der Waals surface area contributed by atoms with Crippen LogP contribution in [0.25, 0.3) is 0 Å². The summed E-state index contributed by atoms with van der Waals surface area (Å²) in [6.07, 6.45) is 0. The molecule has 0 unspecified atom stereocenters. The average molecular weight is 463 g/mol. The van der Waals surface area contributed by atoms with E-state index in [1.165, 1.54) is 23.1 Å². The van der Waals surface area contributed by atoms with E-state index in [0.29, 0.717) is 44.5 Å². The first kappa shape index (κ1) is 22.2. The van der Waals surface area contributed by atoms with Gasteiger partial charge in [-0.15, -0.1) is 22.0 Å². The van der Waals surface area contributed by atoms with Crippen molar-refractivity contribution < 1.29 is 14.3 Å². The fraction of sp³-hybridized carbons (Fsp3) is 0.200. The summed E-state index contributed by atoms with van der Waals surface area (Å²) in [5.74, 6) is 0.651. The molecule has 156 valence electrons. The van der Waals surface area contributed by atoms with E-state index >= 15 is 0 Å². The van der Waals surface area contributed by atoms with E-state index in [2.05, 4.69) is 20.8 Å². The number of nitrogens with zero attached hydrogens (tertiary/aromatic N) is 2. The molecular formula is C20H19ClN4O3S2. The summed E-state index contributed by atoms with van der Waals surface area (Å²) in [5, 5.41) is 15.1. The van der Waals surface area contributed by atoms with Gasteiger partial charge in [0.1, 0.15) is 11.6 Å². The molecule has 0 bridgehead atoms. The minimum atomic E-state index is -0.253. The van der Waals surface area contributed by atoms with Crippen molar-refractivity contribution >= 4 is 57.3 Å². The van der Waals surface area contributed by atoms with Gasteiger partial charge in [-0.3, -0.25) is 14.9 Å². The van der Waals surface area contributed by atoms with E-state index in [0.717, 1.165) is 5.56 Å². The molecule has 0 fully saturated rings. The number of benzene rings is 2. The second kappa shape index (κ2) is 11.1. The lowest BCUT2D eigenvalue weighted by Gasteiger charge is -2.06. The van der Waals surface area contributed by atoms with Gasteiger partial charge in [0, 0.05) is 29.1 Å². The van der Waals surface area contributed by atoms with Crippen molar-refractivity contribution in [2.24, 2.45) is 0 Å². The third kappa shape index (κ3) is 6.81. The first-order chi connectivity index (χ1) is 14.5. The Morgan fingerprint density at radius 1 is 1.07 bits per heavy atom. The summed E-state index contributed by atoms with van der Waals surface area (Å²) in [6.45, 7) is 0.359. The molecule has 0 aliphatic heterocycles. The van der Waals surface area contributed by atoms with E-state index in [1.54, 1.807) is 43.5 Å². The number of methoxy groups -OCH3 is 1. The SMILES string of the molecule is COCc1nnc(NC(=O)c2ccc(CSCC(=O)Nc3ccc(Cl)cc3)cc2)s1. The summed E-state index contributed by atoms with van der Waals surface area (Å²) in [7, 11) is 1.57. The number of halogens is 1. The van der Waals surface area contributed by atoms with Crippen molar-refractivity contribution in [3.8, 4) is 0 Å². The summed E-state index contributed by atoms with van der Waals surface area (Å²) in [4.78, 5) is 24.3. The Balaban J connectivity index is 1.43. The zero-order valence-corrected chi connectivity index (χ0v) is 18.4. The van der Waals surface area contributed by atoms with Crippen molar-refractivity contribution in [2.75, 3.05) is 23.5 Å². The van der Waals surface area contributed by atoms with Crippen LogP contribution in [0.3, 0.4) is 0 Å². The number of ether oxygens (including phenoxy) is 1. The van der Waals surface area contributed by atoms with Gasteiger partial charge < -0.3 is 10.1 Å².